The van der Waals surface area contributed by atoms with Crippen molar-refractivity contribution in [1.82, 2.24) is 15.1 Å². The summed E-state index contributed by atoms with van der Waals surface area (Å²) in [5.74, 6) is 0.934. The Labute approximate surface area is 208 Å². The van der Waals surface area contributed by atoms with E-state index in [0.29, 0.717) is 65.1 Å². The second kappa shape index (κ2) is 12.7. The van der Waals surface area contributed by atoms with Gasteiger partial charge in [-0.2, -0.15) is 0 Å². The van der Waals surface area contributed by atoms with Gasteiger partial charge in [-0.3, -0.25) is 14.5 Å². The van der Waals surface area contributed by atoms with E-state index in [1.807, 2.05) is 35.2 Å². The van der Waals surface area contributed by atoms with Gasteiger partial charge in [0.05, 0.1) is 25.7 Å². The van der Waals surface area contributed by atoms with Gasteiger partial charge in [0.2, 0.25) is 11.8 Å². The first-order chi connectivity index (χ1) is 17.1. The number of fused-ring (bicyclic) bond motifs is 1. The van der Waals surface area contributed by atoms with Crippen molar-refractivity contribution in [3.05, 3.63) is 65.2 Å². The largest absolute Gasteiger partial charge is 0.493 e. The molecule has 188 valence electrons. The normalized spacial score (nSPS) is 18.9. The van der Waals surface area contributed by atoms with Crippen LogP contribution in [0.15, 0.2) is 48.5 Å². The van der Waals surface area contributed by atoms with E-state index < -0.39 is 0 Å². The molecule has 2 aliphatic rings. The van der Waals surface area contributed by atoms with Gasteiger partial charge in [-0.25, -0.2) is 0 Å². The number of aliphatic hydroxyl groups excluding tert-OH is 1. The van der Waals surface area contributed by atoms with Crippen LogP contribution in [0.1, 0.15) is 48.8 Å². The van der Waals surface area contributed by atoms with Crippen LogP contribution >= 0.6 is 0 Å². The van der Waals surface area contributed by atoms with Crippen LogP contribution in [0, 0.1) is 0 Å². The summed E-state index contributed by atoms with van der Waals surface area (Å²) in [6.45, 7) is 4.02. The van der Waals surface area contributed by atoms with Gasteiger partial charge in [-0.05, 0) is 49.3 Å². The van der Waals surface area contributed by atoms with Crippen LogP contribution in [0.25, 0.3) is 0 Å². The molecule has 2 N–H and O–H groups in total. The van der Waals surface area contributed by atoms with Gasteiger partial charge < -0.3 is 20.1 Å². The lowest BCUT2D eigenvalue weighted by atomic mass is 10.0. The Hall–Kier alpha value is -2.90. The van der Waals surface area contributed by atoms with Crippen molar-refractivity contribution in [1.29, 1.82) is 0 Å². The standard InChI is InChI=1S/C28H37N3O4/c32-25-11-14-31(15-12-25)28(34)18-23-9-10-26-24(17-23)20-30(19-22-7-3-1-4-8-22)21-27(33)29-13-5-2-6-16-35-26/h1,3-4,7-10,17,25,32H,2,5-6,11-16,18-21H2,(H,29,33). The van der Waals surface area contributed by atoms with Crippen molar-refractivity contribution >= 4 is 11.8 Å². The first-order valence-electron chi connectivity index (χ1n) is 12.8. The topological polar surface area (TPSA) is 82.1 Å². The molecule has 2 aliphatic heterocycles. The number of amides is 2. The molecule has 0 spiro atoms. The monoisotopic (exact) mass is 479 g/mol. The summed E-state index contributed by atoms with van der Waals surface area (Å²) in [4.78, 5) is 29.5. The molecule has 2 aromatic rings. The summed E-state index contributed by atoms with van der Waals surface area (Å²) in [6, 6.07) is 16.2. The smallest absolute Gasteiger partial charge is 0.234 e. The molecule has 4 rings (SSSR count). The Morgan fingerprint density at radius 2 is 1.80 bits per heavy atom. The van der Waals surface area contributed by atoms with E-state index in [4.69, 9.17) is 4.74 Å². The van der Waals surface area contributed by atoms with Crippen molar-refractivity contribution in [2.45, 2.75) is 57.7 Å². The number of carbonyl (C=O) groups is 2. The maximum atomic E-state index is 12.9. The van der Waals surface area contributed by atoms with Crippen molar-refractivity contribution in [2.75, 3.05) is 32.8 Å². The summed E-state index contributed by atoms with van der Waals surface area (Å²) in [6.07, 6.45) is 4.18. The van der Waals surface area contributed by atoms with Gasteiger partial charge in [0.1, 0.15) is 5.75 Å². The second-order valence-electron chi connectivity index (χ2n) is 9.62. The molecule has 0 bridgehead atoms. The predicted molar refractivity (Wildman–Crippen MR) is 135 cm³/mol. The van der Waals surface area contributed by atoms with E-state index in [1.165, 1.54) is 0 Å². The minimum Gasteiger partial charge on any atom is -0.493 e. The molecule has 7 nitrogen and oxygen atoms in total. The fourth-order valence-electron chi connectivity index (χ4n) is 4.73. The summed E-state index contributed by atoms with van der Waals surface area (Å²) < 4.78 is 6.16. The van der Waals surface area contributed by atoms with Crippen LogP contribution in [0.4, 0.5) is 0 Å². The average Bonchev–Trinajstić information content (AvgIpc) is 2.86. The third-order valence-corrected chi connectivity index (χ3v) is 6.71. The van der Waals surface area contributed by atoms with Gasteiger partial charge in [0.15, 0.2) is 0 Å². The zero-order valence-corrected chi connectivity index (χ0v) is 20.5. The number of nitrogens with one attached hydrogen (secondary N) is 1. The molecule has 1 saturated heterocycles. The van der Waals surface area contributed by atoms with E-state index in [-0.39, 0.29) is 17.9 Å². The molecule has 2 aromatic carbocycles. The number of carbonyl (C=O) groups excluding carboxylic acids is 2. The molecule has 0 unspecified atom stereocenters. The van der Waals surface area contributed by atoms with Crippen molar-refractivity contribution in [3.8, 4) is 5.75 Å². The van der Waals surface area contributed by atoms with Gasteiger partial charge >= 0.3 is 0 Å². The van der Waals surface area contributed by atoms with Gasteiger partial charge in [0, 0.05) is 38.3 Å². The number of ether oxygens (including phenoxy) is 1. The molecule has 35 heavy (non-hydrogen) atoms. The molecule has 0 radical (unpaired) electrons. The molecule has 1 fully saturated rings. The Morgan fingerprint density at radius 1 is 1.00 bits per heavy atom. The van der Waals surface area contributed by atoms with Gasteiger partial charge in [-0.15, -0.1) is 0 Å². The first-order valence-corrected chi connectivity index (χ1v) is 12.8. The number of nitrogens with zero attached hydrogens (tertiary/aromatic N) is 2. The third-order valence-electron chi connectivity index (χ3n) is 6.71. The number of rotatable bonds is 4. The number of likely N-dealkylation sites (tertiary alicyclic amines) is 1. The van der Waals surface area contributed by atoms with E-state index in [2.05, 4.69) is 28.4 Å². The summed E-state index contributed by atoms with van der Waals surface area (Å²) in [5, 5.41) is 12.8. The summed E-state index contributed by atoms with van der Waals surface area (Å²) in [5.41, 5.74) is 3.08. The highest BCUT2D eigenvalue weighted by molar-refractivity contribution is 5.79. The predicted octanol–water partition coefficient (Wildman–Crippen LogP) is 2.89. The third kappa shape index (κ3) is 7.80. The van der Waals surface area contributed by atoms with Gasteiger partial charge in [0.25, 0.3) is 0 Å². The molecule has 7 heteroatoms. The Balaban J connectivity index is 1.53. The lowest BCUT2D eigenvalue weighted by Gasteiger charge is -2.29. The summed E-state index contributed by atoms with van der Waals surface area (Å²) >= 11 is 0. The molecule has 0 saturated carbocycles. The highest BCUT2D eigenvalue weighted by Crippen LogP contribution is 2.25. The van der Waals surface area contributed by atoms with Crippen molar-refractivity contribution in [2.24, 2.45) is 0 Å². The molecule has 2 heterocycles. The molecule has 0 aromatic heterocycles. The second-order valence-corrected chi connectivity index (χ2v) is 9.62. The highest BCUT2D eigenvalue weighted by atomic mass is 16.5. The van der Waals surface area contributed by atoms with E-state index in [1.54, 1.807) is 0 Å². The number of benzene rings is 2. The van der Waals surface area contributed by atoms with Crippen LogP contribution < -0.4 is 10.1 Å². The SMILES string of the molecule is O=C1CN(Cc2ccccc2)Cc2cc(CC(=O)N3CCC(O)CC3)ccc2OCCCCCN1. The molecular weight excluding hydrogens is 442 g/mol. The van der Waals surface area contributed by atoms with Gasteiger partial charge in [-0.1, -0.05) is 42.5 Å². The molecule has 2 amide bonds. The lowest BCUT2D eigenvalue weighted by Crippen LogP contribution is -2.40. The zero-order chi connectivity index (χ0) is 24.5. The Bertz CT molecular complexity index is 973. The number of hydrogen-bond acceptors (Lipinski definition) is 5. The fourth-order valence-corrected chi connectivity index (χ4v) is 4.73. The van der Waals surface area contributed by atoms with Crippen LogP contribution in [0.3, 0.4) is 0 Å². The van der Waals surface area contributed by atoms with Crippen molar-refractivity contribution in [3.63, 3.8) is 0 Å². The van der Waals surface area contributed by atoms with Crippen LogP contribution in [0.5, 0.6) is 5.75 Å². The van der Waals surface area contributed by atoms with Crippen LogP contribution in [-0.4, -0.2) is 65.6 Å². The quantitative estimate of drug-likeness (QED) is 0.705. The van der Waals surface area contributed by atoms with E-state index >= 15 is 0 Å². The van der Waals surface area contributed by atoms with Crippen LogP contribution in [-0.2, 0) is 29.1 Å². The van der Waals surface area contributed by atoms with Crippen LogP contribution in [0.2, 0.25) is 0 Å². The zero-order valence-electron chi connectivity index (χ0n) is 20.5. The first kappa shape index (κ1) is 25.2. The minimum absolute atomic E-state index is 0.0289. The minimum atomic E-state index is -0.300. The highest BCUT2D eigenvalue weighted by Gasteiger charge is 2.22. The Morgan fingerprint density at radius 3 is 2.60 bits per heavy atom. The number of piperidine rings is 1. The van der Waals surface area contributed by atoms with Crippen molar-refractivity contribution < 1.29 is 19.4 Å². The molecule has 0 atom stereocenters. The van der Waals surface area contributed by atoms with E-state index in [9.17, 15) is 14.7 Å². The Kier molecular flexibility index (Phi) is 9.15. The molecular formula is C28H37N3O4. The summed E-state index contributed by atoms with van der Waals surface area (Å²) in [7, 11) is 0. The molecule has 0 aliphatic carbocycles. The number of hydrogen-bond donors (Lipinski definition) is 2. The maximum Gasteiger partial charge on any atom is 0.234 e. The fraction of sp³-hybridized carbons (Fsp3) is 0.500. The van der Waals surface area contributed by atoms with E-state index in [0.717, 1.165) is 41.7 Å². The maximum absolute atomic E-state index is 12.9. The lowest BCUT2D eigenvalue weighted by molar-refractivity contribution is -0.132. The number of aliphatic hydroxyl groups is 1. The average molecular weight is 480 g/mol.